The van der Waals surface area contributed by atoms with Gasteiger partial charge in [0.05, 0.1) is 32.8 Å². The molecule has 1 aliphatic rings. The summed E-state index contributed by atoms with van der Waals surface area (Å²) in [6.45, 7) is 9.29. The van der Waals surface area contributed by atoms with Crippen molar-refractivity contribution in [2.24, 2.45) is 0 Å². The Labute approximate surface area is 131 Å². The van der Waals surface area contributed by atoms with Gasteiger partial charge in [-0.1, -0.05) is 0 Å². The van der Waals surface area contributed by atoms with Crippen LogP contribution in [0.1, 0.15) is 41.0 Å². The maximum absolute atomic E-state index is 12.9. The third kappa shape index (κ3) is 3.70. The van der Waals surface area contributed by atoms with Gasteiger partial charge in [0.1, 0.15) is 0 Å². The van der Waals surface area contributed by atoms with Gasteiger partial charge in [-0.2, -0.15) is 0 Å². The van der Waals surface area contributed by atoms with Crippen LogP contribution in [0.15, 0.2) is 0 Å². The summed E-state index contributed by atoms with van der Waals surface area (Å²) in [6, 6.07) is -0.552. The predicted molar refractivity (Wildman–Crippen MR) is 81.7 cm³/mol. The summed E-state index contributed by atoms with van der Waals surface area (Å²) in [5.74, 6) is -0.775. The number of likely N-dealkylation sites (tertiary alicyclic amines) is 1. The van der Waals surface area contributed by atoms with Crippen LogP contribution in [-0.4, -0.2) is 54.3 Å². The lowest BCUT2D eigenvalue weighted by molar-refractivity contribution is -0.159. The molecular weight excluding hydrogens is 309 g/mol. The highest BCUT2D eigenvalue weighted by molar-refractivity contribution is 7.56. The van der Waals surface area contributed by atoms with E-state index in [0.29, 0.717) is 0 Å². The topological polar surface area (TPSA) is 82.1 Å². The van der Waals surface area contributed by atoms with Gasteiger partial charge in [-0.05, 0) is 34.6 Å². The number of hydrogen-bond acceptors (Lipinski definition) is 6. The summed E-state index contributed by atoms with van der Waals surface area (Å²) in [5.41, 5.74) is -1.44. The number of amides is 1. The molecule has 1 aliphatic heterocycles. The molecule has 0 unspecified atom stereocenters. The normalized spacial score (nSPS) is 22.5. The molecule has 0 aromatic carbocycles. The van der Waals surface area contributed by atoms with Crippen molar-refractivity contribution in [3.05, 3.63) is 0 Å². The van der Waals surface area contributed by atoms with Crippen LogP contribution in [0.25, 0.3) is 0 Å². The molecule has 1 saturated heterocycles. The predicted octanol–water partition coefficient (Wildman–Crippen LogP) is 2.19. The van der Waals surface area contributed by atoms with Gasteiger partial charge in [0.2, 0.25) is 5.91 Å². The Kier molecular flexibility index (Phi) is 6.18. The van der Waals surface area contributed by atoms with Crippen LogP contribution in [0.2, 0.25) is 0 Å². The second-order valence-electron chi connectivity index (χ2n) is 6.05. The first-order chi connectivity index (χ1) is 10.1. The zero-order valence-corrected chi connectivity index (χ0v) is 15.0. The highest BCUT2D eigenvalue weighted by atomic mass is 31.2. The van der Waals surface area contributed by atoms with Gasteiger partial charge in [0.25, 0.3) is 0 Å². The SMILES string of the molecule is CCOP(=O)(OCC)[C@H]1C(=O)N(C(C)(C)C)[C@@H]1CC(=O)OC. The van der Waals surface area contributed by atoms with Crippen molar-refractivity contribution in [3.63, 3.8) is 0 Å². The molecular formula is C14H26NO6P. The number of carbonyl (C=O) groups is 2. The monoisotopic (exact) mass is 335 g/mol. The number of nitrogens with zero attached hydrogens (tertiary/aromatic N) is 1. The molecule has 0 spiro atoms. The molecule has 0 aliphatic carbocycles. The maximum Gasteiger partial charge on any atom is 0.345 e. The van der Waals surface area contributed by atoms with Crippen LogP contribution in [0.3, 0.4) is 0 Å². The number of carbonyl (C=O) groups excluding carboxylic acids is 2. The number of β-lactam (4-membered cyclic amide) rings is 1. The van der Waals surface area contributed by atoms with Gasteiger partial charge in [0.15, 0.2) is 5.66 Å². The lowest BCUT2D eigenvalue weighted by atomic mass is 9.90. The van der Waals surface area contributed by atoms with E-state index in [1.54, 1.807) is 18.7 Å². The molecule has 7 nitrogen and oxygen atoms in total. The molecule has 0 aromatic rings. The van der Waals surface area contributed by atoms with E-state index < -0.39 is 30.8 Å². The van der Waals surface area contributed by atoms with Crippen LogP contribution in [-0.2, 0) is 27.9 Å². The molecule has 0 radical (unpaired) electrons. The minimum absolute atomic E-state index is 0.0334. The van der Waals surface area contributed by atoms with Crippen LogP contribution in [0.4, 0.5) is 0 Å². The van der Waals surface area contributed by atoms with Crippen LogP contribution < -0.4 is 0 Å². The number of hydrogen-bond donors (Lipinski definition) is 0. The van der Waals surface area contributed by atoms with Crippen molar-refractivity contribution in [3.8, 4) is 0 Å². The van der Waals surface area contributed by atoms with Gasteiger partial charge < -0.3 is 18.7 Å². The molecule has 1 rings (SSSR count). The van der Waals surface area contributed by atoms with Crippen LogP contribution in [0.5, 0.6) is 0 Å². The molecule has 1 fully saturated rings. The van der Waals surface area contributed by atoms with Crippen molar-refractivity contribution in [2.75, 3.05) is 20.3 Å². The van der Waals surface area contributed by atoms with E-state index in [4.69, 9.17) is 9.05 Å². The maximum atomic E-state index is 12.9. The zero-order chi connectivity index (χ0) is 17.1. The summed E-state index contributed by atoms with van der Waals surface area (Å²) < 4.78 is 28.2. The summed E-state index contributed by atoms with van der Waals surface area (Å²) >= 11 is 0. The van der Waals surface area contributed by atoms with E-state index in [1.807, 2.05) is 20.8 Å². The van der Waals surface area contributed by atoms with Gasteiger partial charge in [-0.25, -0.2) is 0 Å². The average Bonchev–Trinajstić information content (AvgIpc) is 2.36. The Bertz CT molecular complexity index is 462. The molecule has 8 heteroatoms. The third-order valence-corrected chi connectivity index (χ3v) is 5.95. The van der Waals surface area contributed by atoms with Crippen LogP contribution >= 0.6 is 7.60 Å². The number of ether oxygens (including phenoxy) is 1. The van der Waals surface area contributed by atoms with Crippen LogP contribution in [0, 0.1) is 0 Å². The Morgan fingerprint density at radius 3 is 2.09 bits per heavy atom. The summed E-state index contributed by atoms with van der Waals surface area (Å²) in [6.07, 6.45) is -0.0334. The van der Waals surface area contributed by atoms with Crippen molar-refractivity contribution < 1.29 is 27.9 Å². The molecule has 1 heterocycles. The first-order valence-electron chi connectivity index (χ1n) is 7.41. The van der Waals surface area contributed by atoms with E-state index in [9.17, 15) is 14.2 Å². The largest absolute Gasteiger partial charge is 0.469 e. The highest BCUT2D eigenvalue weighted by Crippen LogP contribution is 2.60. The average molecular weight is 335 g/mol. The Hall–Kier alpha value is -0.910. The molecule has 0 bridgehead atoms. The Morgan fingerprint density at radius 1 is 1.23 bits per heavy atom. The summed E-state index contributed by atoms with van der Waals surface area (Å²) in [5, 5.41) is 0. The van der Waals surface area contributed by atoms with E-state index in [0.717, 1.165) is 0 Å². The van der Waals surface area contributed by atoms with E-state index in [1.165, 1.54) is 7.11 Å². The molecule has 128 valence electrons. The second-order valence-corrected chi connectivity index (χ2v) is 8.20. The third-order valence-electron chi connectivity index (χ3n) is 3.47. The molecule has 2 atom stereocenters. The van der Waals surface area contributed by atoms with E-state index in [2.05, 4.69) is 4.74 Å². The van der Waals surface area contributed by atoms with Gasteiger partial charge in [-0.3, -0.25) is 14.2 Å². The minimum Gasteiger partial charge on any atom is -0.469 e. The number of esters is 1. The van der Waals surface area contributed by atoms with Crippen molar-refractivity contribution in [2.45, 2.75) is 58.3 Å². The fourth-order valence-electron chi connectivity index (χ4n) is 2.72. The summed E-state index contributed by atoms with van der Waals surface area (Å²) in [7, 11) is -2.33. The Morgan fingerprint density at radius 2 is 1.73 bits per heavy atom. The van der Waals surface area contributed by atoms with Gasteiger partial charge >= 0.3 is 13.6 Å². The Balaban J connectivity index is 3.12. The number of rotatable bonds is 7. The van der Waals surface area contributed by atoms with Gasteiger partial charge in [0, 0.05) is 5.54 Å². The molecule has 22 heavy (non-hydrogen) atoms. The smallest absolute Gasteiger partial charge is 0.345 e. The summed E-state index contributed by atoms with van der Waals surface area (Å²) in [4.78, 5) is 25.7. The number of methoxy groups -OCH3 is 1. The van der Waals surface area contributed by atoms with Crippen molar-refractivity contribution in [1.29, 1.82) is 0 Å². The molecule has 0 saturated carbocycles. The zero-order valence-electron chi connectivity index (χ0n) is 14.1. The second kappa shape index (κ2) is 7.11. The fraction of sp³-hybridized carbons (Fsp3) is 0.857. The lowest BCUT2D eigenvalue weighted by Crippen LogP contribution is -2.70. The van der Waals surface area contributed by atoms with Gasteiger partial charge in [-0.15, -0.1) is 0 Å². The minimum atomic E-state index is -3.61. The van der Waals surface area contributed by atoms with Crippen molar-refractivity contribution >= 4 is 19.5 Å². The first kappa shape index (κ1) is 19.1. The molecule has 0 N–H and O–H groups in total. The van der Waals surface area contributed by atoms with Crippen molar-refractivity contribution in [1.82, 2.24) is 4.90 Å². The standard InChI is InChI=1S/C14H26NO6P/c1-7-20-22(18,21-8-2)12-10(9-11(16)19-6)15(13(12)17)14(3,4)5/h10,12H,7-9H2,1-6H3/t10-,12-/m1/s1. The fourth-order valence-corrected chi connectivity index (χ4v) is 4.89. The van der Waals surface area contributed by atoms with E-state index >= 15 is 0 Å². The quantitative estimate of drug-likeness (QED) is 0.403. The highest BCUT2D eigenvalue weighted by Gasteiger charge is 2.61. The first-order valence-corrected chi connectivity index (χ1v) is 9.02. The lowest BCUT2D eigenvalue weighted by Gasteiger charge is -2.54. The molecule has 0 aromatic heterocycles. The molecule has 1 amide bonds. The van der Waals surface area contributed by atoms with E-state index in [-0.39, 0.29) is 25.5 Å².